The van der Waals surface area contributed by atoms with Crippen molar-refractivity contribution in [2.75, 3.05) is 24.6 Å². The van der Waals surface area contributed by atoms with Crippen molar-refractivity contribution >= 4 is 17.1 Å². The lowest BCUT2D eigenvalue weighted by atomic mass is 10.00. The van der Waals surface area contributed by atoms with Gasteiger partial charge in [-0.25, -0.2) is 9.97 Å². The summed E-state index contributed by atoms with van der Waals surface area (Å²) in [4.78, 5) is 30.8. The summed E-state index contributed by atoms with van der Waals surface area (Å²) < 4.78 is 7.50. The van der Waals surface area contributed by atoms with Crippen LogP contribution in [0.3, 0.4) is 0 Å². The molecule has 0 atom stereocenters. The third-order valence-corrected chi connectivity index (χ3v) is 5.60. The number of nitrogens with one attached hydrogen (secondary N) is 1. The fraction of sp³-hybridized carbons (Fsp3) is 0.421. The van der Waals surface area contributed by atoms with Crippen LogP contribution in [0.5, 0.6) is 0 Å². The van der Waals surface area contributed by atoms with E-state index in [1.165, 1.54) is 23.6 Å². The quantitative estimate of drug-likeness (QED) is 0.720. The molecule has 1 N–H and O–H groups in total. The maximum Gasteiger partial charge on any atom is 0.275 e. The maximum absolute atomic E-state index is 12.6. The van der Waals surface area contributed by atoms with Gasteiger partial charge in [0.25, 0.3) is 5.56 Å². The Morgan fingerprint density at radius 1 is 1.29 bits per heavy atom. The molecule has 1 spiro atoms. The first-order valence-electron chi connectivity index (χ1n) is 9.41. The molecule has 5 rings (SSSR count). The molecular weight excluding hydrogens is 358 g/mol. The van der Waals surface area contributed by atoms with Crippen LogP contribution in [-0.2, 0) is 4.74 Å². The second-order valence-corrected chi connectivity index (χ2v) is 7.32. The van der Waals surface area contributed by atoms with Gasteiger partial charge < -0.3 is 14.6 Å². The number of fused-ring (bicyclic) bond motifs is 1. The van der Waals surface area contributed by atoms with Gasteiger partial charge in [0.05, 0.1) is 24.0 Å². The highest BCUT2D eigenvalue weighted by Crippen LogP contribution is 2.36. The van der Waals surface area contributed by atoms with E-state index in [1.54, 1.807) is 18.5 Å². The van der Waals surface area contributed by atoms with Crippen LogP contribution in [0, 0.1) is 11.3 Å². The summed E-state index contributed by atoms with van der Waals surface area (Å²) in [6, 6.07) is 3.77. The minimum Gasteiger partial charge on any atom is -0.371 e. The normalized spacial score (nSPS) is 18.6. The lowest BCUT2D eigenvalue weighted by molar-refractivity contribution is -0.0505. The van der Waals surface area contributed by atoms with Gasteiger partial charge in [0, 0.05) is 31.5 Å². The average Bonchev–Trinajstić information content (AvgIpc) is 3.35. The van der Waals surface area contributed by atoms with E-state index in [0.29, 0.717) is 41.6 Å². The summed E-state index contributed by atoms with van der Waals surface area (Å²) in [5, 5.41) is 9.39. The van der Waals surface area contributed by atoms with Crippen molar-refractivity contribution in [2.45, 2.75) is 31.3 Å². The van der Waals surface area contributed by atoms with Crippen molar-refractivity contribution in [3.8, 4) is 11.9 Å². The van der Waals surface area contributed by atoms with Crippen molar-refractivity contribution in [1.29, 1.82) is 5.26 Å². The summed E-state index contributed by atoms with van der Waals surface area (Å²) >= 11 is 0. The molecule has 4 heterocycles. The van der Waals surface area contributed by atoms with Crippen LogP contribution < -0.4 is 10.5 Å². The molecule has 2 fully saturated rings. The SMILES string of the molecule is N#Cc1c[nH]c2ncc(=O)n(-c3ccnc(N4CCOC5(CCCC5)C4)n3)c12. The predicted molar refractivity (Wildman–Crippen MR) is 101 cm³/mol. The van der Waals surface area contributed by atoms with Crippen LogP contribution in [0.15, 0.2) is 29.5 Å². The molecule has 3 aromatic rings. The zero-order chi connectivity index (χ0) is 19.1. The molecular formula is C19H19N7O2. The van der Waals surface area contributed by atoms with Crippen molar-refractivity contribution in [1.82, 2.24) is 24.5 Å². The first kappa shape index (κ1) is 16.9. The minimum absolute atomic E-state index is 0.104. The van der Waals surface area contributed by atoms with Gasteiger partial charge in [0.15, 0.2) is 5.65 Å². The first-order valence-corrected chi connectivity index (χ1v) is 9.41. The molecule has 9 nitrogen and oxygen atoms in total. The number of ether oxygens (including phenoxy) is 1. The Hall–Kier alpha value is -3.25. The molecule has 1 aliphatic carbocycles. The monoisotopic (exact) mass is 377 g/mol. The van der Waals surface area contributed by atoms with Gasteiger partial charge in [-0.05, 0) is 12.8 Å². The highest BCUT2D eigenvalue weighted by Gasteiger charge is 2.40. The van der Waals surface area contributed by atoms with E-state index < -0.39 is 0 Å². The Kier molecular flexibility index (Phi) is 3.87. The van der Waals surface area contributed by atoms with Crippen molar-refractivity contribution in [3.05, 3.63) is 40.6 Å². The third kappa shape index (κ3) is 2.65. The highest BCUT2D eigenvalue weighted by molar-refractivity contribution is 5.80. The number of hydrogen-bond acceptors (Lipinski definition) is 7. The molecule has 0 bridgehead atoms. The van der Waals surface area contributed by atoms with E-state index >= 15 is 0 Å². The van der Waals surface area contributed by atoms with Gasteiger partial charge in [-0.1, -0.05) is 12.8 Å². The molecule has 1 saturated heterocycles. The molecule has 0 amide bonds. The van der Waals surface area contributed by atoms with E-state index in [9.17, 15) is 10.1 Å². The average molecular weight is 377 g/mol. The summed E-state index contributed by atoms with van der Waals surface area (Å²) in [6.07, 6.45) is 8.90. The molecule has 142 valence electrons. The molecule has 1 saturated carbocycles. The molecule has 0 aromatic carbocycles. The van der Waals surface area contributed by atoms with E-state index in [0.717, 1.165) is 19.4 Å². The van der Waals surface area contributed by atoms with Gasteiger partial charge in [-0.3, -0.25) is 9.36 Å². The topological polar surface area (TPSA) is 113 Å². The van der Waals surface area contributed by atoms with E-state index in [-0.39, 0.29) is 11.2 Å². The van der Waals surface area contributed by atoms with Crippen molar-refractivity contribution < 1.29 is 4.74 Å². The van der Waals surface area contributed by atoms with Gasteiger partial charge >= 0.3 is 0 Å². The van der Waals surface area contributed by atoms with Crippen LogP contribution in [0.25, 0.3) is 17.0 Å². The second kappa shape index (κ2) is 6.42. The fourth-order valence-electron chi connectivity index (χ4n) is 4.28. The Balaban J connectivity index is 1.58. The lowest BCUT2D eigenvalue weighted by Gasteiger charge is -2.40. The van der Waals surface area contributed by atoms with Crippen molar-refractivity contribution in [3.63, 3.8) is 0 Å². The van der Waals surface area contributed by atoms with Crippen LogP contribution in [0.2, 0.25) is 0 Å². The molecule has 0 radical (unpaired) electrons. The summed E-state index contributed by atoms with van der Waals surface area (Å²) in [7, 11) is 0. The first-order chi connectivity index (χ1) is 13.7. The number of nitriles is 1. The Morgan fingerprint density at radius 3 is 2.96 bits per heavy atom. The number of rotatable bonds is 2. The summed E-state index contributed by atoms with van der Waals surface area (Å²) in [5.74, 6) is 0.989. The molecule has 3 aromatic heterocycles. The highest BCUT2D eigenvalue weighted by atomic mass is 16.5. The Bertz CT molecular complexity index is 1140. The molecule has 2 aliphatic rings. The number of hydrogen-bond donors (Lipinski definition) is 1. The number of anilines is 1. The van der Waals surface area contributed by atoms with Crippen LogP contribution >= 0.6 is 0 Å². The van der Waals surface area contributed by atoms with E-state index in [1.807, 2.05) is 0 Å². The number of H-pyrrole nitrogens is 1. The van der Waals surface area contributed by atoms with E-state index in [4.69, 9.17) is 4.74 Å². The maximum atomic E-state index is 12.6. The molecule has 9 heteroatoms. The van der Waals surface area contributed by atoms with Crippen LogP contribution in [0.4, 0.5) is 5.95 Å². The second-order valence-electron chi connectivity index (χ2n) is 7.32. The molecule has 1 aliphatic heterocycles. The van der Waals surface area contributed by atoms with Gasteiger partial charge in [0.2, 0.25) is 5.95 Å². The molecule has 0 unspecified atom stereocenters. The van der Waals surface area contributed by atoms with Gasteiger partial charge in [-0.15, -0.1) is 0 Å². The van der Waals surface area contributed by atoms with Gasteiger partial charge in [0.1, 0.15) is 17.4 Å². The number of nitrogens with zero attached hydrogens (tertiary/aromatic N) is 6. The van der Waals surface area contributed by atoms with Crippen LogP contribution in [-0.4, -0.2) is 49.8 Å². The van der Waals surface area contributed by atoms with Gasteiger partial charge in [-0.2, -0.15) is 10.2 Å². The zero-order valence-corrected chi connectivity index (χ0v) is 15.3. The summed E-state index contributed by atoms with van der Waals surface area (Å²) in [5.41, 5.74) is 0.785. The minimum atomic E-state index is -0.345. The standard InChI is InChI=1S/C19H19N7O2/c20-9-13-10-22-17-16(13)26(15(27)11-23-17)14-3-6-21-18(24-14)25-7-8-28-19(12-25)4-1-2-5-19/h3,6,10-11,22H,1-2,4-5,7-8,12H2. The largest absolute Gasteiger partial charge is 0.371 e. The van der Waals surface area contributed by atoms with Crippen LogP contribution in [0.1, 0.15) is 31.2 Å². The van der Waals surface area contributed by atoms with Crippen molar-refractivity contribution in [2.24, 2.45) is 0 Å². The molecule has 28 heavy (non-hydrogen) atoms. The third-order valence-electron chi connectivity index (χ3n) is 5.60. The smallest absolute Gasteiger partial charge is 0.275 e. The number of morpholine rings is 1. The number of aromatic nitrogens is 5. The Morgan fingerprint density at radius 2 is 2.14 bits per heavy atom. The van der Waals surface area contributed by atoms with E-state index in [2.05, 4.69) is 30.9 Å². The lowest BCUT2D eigenvalue weighted by Crippen LogP contribution is -2.51. The zero-order valence-electron chi connectivity index (χ0n) is 15.3. The number of aromatic amines is 1. The fourth-order valence-corrected chi connectivity index (χ4v) is 4.28. The summed E-state index contributed by atoms with van der Waals surface area (Å²) in [6.45, 7) is 2.10. The Labute approximate surface area is 160 Å². The predicted octanol–water partition coefficient (Wildman–Crippen LogP) is 1.52.